The summed E-state index contributed by atoms with van der Waals surface area (Å²) in [4.78, 5) is 2.58. The fraction of sp³-hybridized carbons (Fsp3) is 1.00. The molecule has 0 aromatic carbocycles. The second-order valence-corrected chi connectivity index (χ2v) is 5.45. The van der Waals surface area contributed by atoms with E-state index in [1.165, 1.54) is 64.6 Å². The van der Waals surface area contributed by atoms with E-state index in [9.17, 15) is 0 Å². The van der Waals surface area contributed by atoms with Crippen LogP contribution >= 0.6 is 0 Å². The van der Waals surface area contributed by atoms with Crippen LogP contribution in [0.5, 0.6) is 0 Å². The maximum absolute atomic E-state index is 6.02. The largest absolute Gasteiger partial charge is 0.330 e. The molecule has 2 heteroatoms. The SMILES string of the molecule is CCCN(CC)CCC1(CN)CCCCC1. The van der Waals surface area contributed by atoms with Gasteiger partial charge in [-0.3, -0.25) is 0 Å². The highest BCUT2D eigenvalue weighted by molar-refractivity contribution is 4.84. The van der Waals surface area contributed by atoms with Gasteiger partial charge in [-0.05, 0) is 57.3 Å². The average molecular weight is 226 g/mol. The van der Waals surface area contributed by atoms with Crippen LogP contribution in [0.25, 0.3) is 0 Å². The smallest absolute Gasteiger partial charge is 0.00131 e. The topological polar surface area (TPSA) is 29.3 Å². The van der Waals surface area contributed by atoms with Gasteiger partial charge >= 0.3 is 0 Å². The molecule has 0 aliphatic heterocycles. The third kappa shape index (κ3) is 4.06. The molecule has 2 N–H and O–H groups in total. The van der Waals surface area contributed by atoms with Crippen LogP contribution in [0.4, 0.5) is 0 Å². The minimum atomic E-state index is 0.486. The van der Waals surface area contributed by atoms with Gasteiger partial charge in [0.25, 0.3) is 0 Å². The van der Waals surface area contributed by atoms with Gasteiger partial charge in [0.05, 0.1) is 0 Å². The Kier molecular flexibility index (Phi) is 6.37. The van der Waals surface area contributed by atoms with E-state index in [1.807, 2.05) is 0 Å². The van der Waals surface area contributed by atoms with Crippen molar-refractivity contribution < 1.29 is 0 Å². The lowest BCUT2D eigenvalue weighted by Crippen LogP contribution is -2.37. The van der Waals surface area contributed by atoms with E-state index in [0.717, 1.165) is 6.54 Å². The molecule has 1 rings (SSSR count). The number of rotatable bonds is 7. The van der Waals surface area contributed by atoms with Crippen molar-refractivity contribution >= 4 is 0 Å². The Morgan fingerprint density at radius 1 is 1.06 bits per heavy atom. The van der Waals surface area contributed by atoms with Gasteiger partial charge in [0, 0.05) is 0 Å². The molecule has 0 heterocycles. The lowest BCUT2D eigenvalue weighted by atomic mass is 9.72. The summed E-state index contributed by atoms with van der Waals surface area (Å²) in [6, 6.07) is 0. The van der Waals surface area contributed by atoms with Crippen molar-refractivity contribution in [1.82, 2.24) is 4.90 Å². The number of hydrogen-bond acceptors (Lipinski definition) is 2. The molecule has 1 aliphatic rings. The van der Waals surface area contributed by atoms with E-state index >= 15 is 0 Å². The van der Waals surface area contributed by atoms with Gasteiger partial charge in [-0.1, -0.05) is 33.1 Å². The third-order valence-electron chi connectivity index (χ3n) is 4.29. The van der Waals surface area contributed by atoms with E-state index in [2.05, 4.69) is 18.7 Å². The molecule has 96 valence electrons. The Morgan fingerprint density at radius 2 is 1.75 bits per heavy atom. The zero-order valence-electron chi connectivity index (χ0n) is 11.3. The maximum atomic E-state index is 6.02. The van der Waals surface area contributed by atoms with E-state index in [0.29, 0.717) is 5.41 Å². The van der Waals surface area contributed by atoms with E-state index in [1.54, 1.807) is 0 Å². The highest BCUT2D eigenvalue weighted by atomic mass is 15.1. The van der Waals surface area contributed by atoms with Crippen LogP contribution < -0.4 is 5.73 Å². The molecular formula is C14H30N2. The lowest BCUT2D eigenvalue weighted by Gasteiger charge is -2.38. The third-order valence-corrected chi connectivity index (χ3v) is 4.29. The summed E-state index contributed by atoms with van der Waals surface area (Å²) in [6.07, 6.45) is 9.55. The van der Waals surface area contributed by atoms with Crippen molar-refractivity contribution in [1.29, 1.82) is 0 Å². The highest BCUT2D eigenvalue weighted by Crippen LogP contribution is 2.38. The summed E-state index contributed by atoms with van der Waals surface area (Å²) in [7, 11) is 0. The van der Waals surface area contributed by atoms with Crippen molar-refractivity contribution in [2.24, 2.45) is 11.1 Å². The molecular weight excluding hydrogens is 196 g/mol. The molecule has 0 saturated heterocycles. The fourth-order valence-corrected chi connectivity index (χ4v) is 3.00. The first-order chi connectivity index (χ1) is 7.76. The van der Waals surface area contributed by atoms with Crippen molar-refractivity contribution in [3.05, 3.63) is 0 Å². The Balaban J connectivity index is 2.36. The molecule has 1 fully saturated rings. The highest BCUT2D eigenvalue weighted by Gasteiger charge is 2.30. The summed E-state index contributed by atoms with van der Waals surface area (Å²) in [5, 5.41) is 0. The lowest BCUT2D eigenvalue weighted by molar-refractivity contribution is 0.149. The van der Waals surface area contributed by atoms with Gasteiger partial charge in [0.2, 0.25) is 0 Å². The van der Waals surface area contributed by atoms with Gasteiger partial charge in [-0.15, -0.1) is 0 Å². The van der Waals surface area contributed by atoms with Gasteiger partial charge < -0.3 is 10.6 Å². The normalized spacial score (nSPS) is 20.2. The molecule has 1 aliphatic carbocycles. The molecule has 0 spiro atoms. The standard InChI is InChI=1S/C14H30N2/c1-3-11-16(4-2)12-10-14(13-15)8-6-5-7-9-14/h3-13,15H2,1-2H3. The minimum absolute atomic E-state index is 0.486. The van der Waals surface area contributed by atoms with Crippen molar-refractivity contribution in [2.75, 3.05) is 26.2 Å². The number of nitrogens with two attached hydrogens (primary N) is 1. The summed E-state index contributed by atoms with van der Waals surface area (Å²) in [6.45, 7) is 9.12. The Labute approximate surface area is 102 Å². The van der Waals surface area contributed by atoms with Gasteiger partial charge in [-0.2, -0.15) is 0 Å². The summed E-state index contributed by atoms with van der Waals surface area (Å²) < 4.78 is 0. The maximum Gasteiger partial charge on any atom is -0.00131 e. The van der Waals surface area contributed by atoms with Crippen LogP contribution in [-0.2, 0) is 0 Å². The molecule has 0 aromatic rings. The first kappa shape index (κ1) is 14.0. The second-order valence-electron chi connectivity index (χ2n) is 5.45. The van der Waals surface area contributed by atoms with E-state index in [4.69, 9.17) is 5.73 Å². The van der Waals surface area contributed by atoms with Crippen molar-refractivity contribution in [3.63, 3.8) is 0 Å². The van der Waals surface area contributed by atoms with Crippen LogP contribution in [0.1, 0.15) is 58.8 Å². The molecule has 1 saturated carbocycles. The fourth-order valence-electron chi connectivity index (χ4n) is 3.00. The first-order valence-corrected chi connectivity index (χ1v) is 7.19. The Bertz CT molecular complexity index is 174. The number of nitrogens with zero attached hydrogens (tertiary/aromatic N) is 1. The molecule has 0 amide bonds. The van der Waals surface area contributed by atoms with Crippen LogP contribution in [-0.4, -0.2) is 31.1 Å². The van der Waals surface area contributed by atoms with Crippen molar-refractivity contribution in [3.8, 4) is 0 Å². The summed E-state index contributed by atoms with van der Waals surface area (Å²) >= 11 is 0. The monoisotopic (exact) mass is 226 g/mol. The summed E-state index contributed by atoms with van der Waals surface area (Å²) in [5.41, 5.74) is 6.51. The van der Waals surface area contributed by atoms with Crippen LogP contribution in [0.3, 0.4) is 0 Å². The van der Waals surface area contributed by atoms with Crippen LogP contribution in [0.2, 0.25) is 0 Å². The van der Waals surface area contributed by atoms with Crippen molar-refractivity contribution in [2.45, 2.75) is 58.8 Å². The molecule has 0 bridgehead atoms. The first-order valence-electron chi connectivity index (χ1n) is 7.19. The average Bonchev–Trinajstić information content (AvgIpc) is 2.35. The predicted molar refractivity (Wildman–Crippen MR) is 71.6 cm³/mol. The van der Waals surface area contributed by atoms with Gasteiger partial charge in [0.15, 0.2) is 0 Å². The summed E-state index contributed by atoms with van der Waals surface area (Å²) in [5.74, 6) is 0. The van der Waals surface area contributed by atoms with E-state index in [-0.39, 0.29) is 0 Å². The zero-order chi connectivity index (χ0) is 11.9. The Hall–Kier alpha value is -0.0800. The Morgan fingerprint density at radius 3 is 2.25 bits per heavy atom. The minimum Gasteiger partial charge on any atom is -0.330 e. The van der Waals surface area contributed by atoms with E-state index < -0.39 is 0 Å². The predicted octanol–water partition coefficient (Wildman–Crippen LogP) is 3.02. The quantitative estimate of drug-likeness (QED) is 0.723. The molecule has 16 heavy (non-hydrogen) atoms. The van der Waals surface area contributed by atoms with Crippen LogP contribution in [0.15, 0.2) is 0 Å². The number of hydrogen-bond donors (Lipinski definition) is 1. The molecule has 0 radical (unpaired) electrons. The second kappa shape index (κ2) is 7.29. The van der Waals surface area contributed by atoms with Crippen LogP contribution in [0, 0.1) is 5.41 Å². The van der Waals surface area contributed by atoms with Gasteiger partial charge in [-0.25, -0.2) is 0 Å². The molecule has 0 aromatic heterocycles. The molecule has 0 unspecified atom stereocenters. The molecule has 2 nitrogen and oxygen atoms in total. The zero-order valence-corrected chi connectivity index (χ0v) is 11.3. The van der Waals surface area contributed by atoms with Gasteiger partial charge in [0.1, 0.15) is 0 Å². The molecule has 0 atom stereocenters.